The van der Waals surface area contributed by atoms with Crippen molar-refractivity contribution in [3.63, 3.8) is 0 Å². The van der Waals surface area contributed by atoms with Crippen molar-refractivity contribution >= 4 is 17.9 Å². The van der Waals surface area contributed by atoms with Crippen LogP contribution < -0.4 is 10.6 Å². The number of amides is 3. The molecular weight excluding hydrogens is 242 g/mol. The number of nitrogens with zero attached hydrogens (tertiary/aromatic N) is 1. The van der Waals surface area contributed by atoms with Gasteiger partial charge in [-0.25, -0.2) is 9.59 Å². The van der Waals surface area contributed by atoms with Gasteiger partial charge in [0.25, 0.3) is 0 Å². The van der Waals surface area contributed by atoms with E-state index >= 15 is 0 Å². The quantitative estimate of drug-likeness (QED) is 0.449. The summed E-state index contributed by atoms with van der Waals surface area (Å²) in [7, 11) is 3.20. The van der Waals surface area contributed by atoms with Crippen LogP contribution in [0.4, 0.5) is 4.79 Å². The van der Waals surface area contributed by atoms with E-state index in [1.807, 2.05) is 0 Å². The minimum Gasteiger partial charge on any atom is -0.480 e. The standard InChI is InChI=1S/C10H19N3O5/c1-13(2)8(15)3-5-11-10(18)12-7(4-6-14)9(16)17/h7,14H,3-6H2,1-2H3,(H,16,17)(H2,11,12,18)/t7-/m0/s1. The van der Waals surface area contributed by atoms with E-state index in [9.17, 15) is 14.4 Å². The van der Waals surface area contributed by atoms with Crippen molar-refractivity contribution < 1.29 is 24.6 Å². The third kappa shape index (κ3) is 6.69. The Labute approximate surface area is 105 Å². The van der Waals surface area contributed by atoms with Crippen LogP contribution in [0.25, 0.3) is 0 Å². The first kappa shape index (κ1) is 16.2. The highest BCUT2D eigenvalue weighted by Gasteiger charge is 2.18. The van der Waals surface area contributed by atoms with Gasteiger partial charge in [-0.3, -0.25) is 4.79 Å². The van der Waals surface area contributed by atoms with Gasteiger partial charge in [0.2, 0.25) is 5.91 Å². The van der Waals surface area contributed by atoms with Crippen molar-refractivity contribution in [3.8, 4) is 0 Å². The average Bonchev–Trinajstić information content (AvgIpc) is 2.27. The topological polar surface area (TPSA) is 119 Å². The maximum Gasteiger partial charge on any atom is 0.326 e. The molecule has 104 valence electrons. The van der Waals surface area contributed by atoms with Gasteiger partial charge in [-0.05, 0) is 0 Å². The normalized spacial score (nSPS) is 11.5. The number of carbonyl (C=O) groups is 3. The van der Waals surface area contributed by atoms with E-state index in [0.29, 0.717) is 0 Å². The molecule has 0 radical (unpaired) electrons. The molecule has 0 aromatic rings. The molecule has 4 N–H and O–H groups in total. The third-order valence-electron chi connectivity index (χ3n) is 2.14. The highest BCUT2D eigenvalue weighted by atomic mass is 16.4. The molecule has 0 aliphatic heterocycles. The Balaban J connectivity index is 3.95. The molecule has 8 nitrogen and oxygen atoms in total. The lowest BCUT2D eigenvalue weighted by molar-refractivity contribution is -0.139. The average molecular weight is 261 g/mol. The molecule has 0 aromatic heterocycles. The Morgan fingerprint density at radius 1 is 1.28 bits per heavy atom. The molecule has 0 saturated carbocycles. The van der Waals surface area contributed by atoms with E-state index in [4.69, 9.17) is 10.2 Å². The van der Waals surface area contributed by atoms with E-state index in [2.05, 4.69) is 10.6 Å². The molecule has 8 heteroatoms. The van der Waals surface area contributed by atoms with Gasteiger partial charge >= 0.3 is 12.0 Å². The molecule has 0 rings (SSSR count). The number of hydrogen-bond acceptors (Lipinski definition) is 4. The third-order valence-corrected chi connectivity index (χ3v) is 2.14. The lowest BCUT2D eigenvalue weighted by atomic mass is 10.2. The summed E-state index contributed by atoms with van der Waals surface area (Å²) in [5.74, 6) is -1.36. The second kappa shape index (κ2) is 8.29. The molecule has 18 heavy (non-hydrogen) atoms. The minimum absolute atomic E-state index is 0.0701. The Morgan fingerprint density at radius 3 is 2.33 bits per heavy atom. The van der Waals surface area contributed by atoms with Gasteiger partial charge in [-0.15, -0.1) is 0 Å². The summed E-state index contributed by atoms with van der Waals surface area (Å²) in [6.45, 7) is -0.218. The van der Waals surface area contributed by atoms with Crippen LogP contribution in [-0.4, -0.2) is 66.3 Å². The molecule has 1 atom stereocenters. The van der Waals surface area contributed by atoms with Crippen molar-refractivity contribution in [2.24, 2.45) is 0 Å². The molecule has 0 bridgehead atoms. The molecule has 3 amide bonds. The first-order valence-electron chi connectivity index (χ1n) is 5.46. The van der Waals surface area contributed by atoms with Gasteiger partial charge in [0.05, 0.1) is 0 Å². The number of carboxylic acids is 1. The maximum absolute atomic E-state index is 11.3. The minimum atomic E-state index is -1.22. The molecule has 0 aromatic carbocycles. The molecule has 0 fully saturated rings. The Bertz CT molecular complexity index is 306. The van der Waals surface area contributed by atoms with E-state index in [-0.39, 0.29) is 31.9 Å². The van der Waals surface area contributed by atoms with E-state index < -0.39 is 18.0 Å². The number of nitrogens with one attached hydrogen (secondary N) is 2. The highest BCUT2D eigenvalue weighted by Crippen LogP contribution is 1.91. The fourth-order valence-corrected chi connectivity index (χ4v) is 1.10. The Morgan fingerprint density at radius 2 is 1.89 bits per heavy atom. The fraction of sp³-hybridized carbons (Fsp3) is 0.700. The number of hydrogen-bond donors (Lipinski definition) is 4. The number of rotatable bonds is 7. The van der Waals surface area contributed by atoms with Crippen LogP contribution >= 0.6 is 0 Å². The van der Waals surface area contributed by atoms with Crippen molar-refractivity contribution in [2.75, 3.05) is 27.2 Å². The van der Waals surface area contributed by atoms with Crippen LogP contribution in [0, 0.1) is 0 Å². The summed E-state index contributed by atoms with van der Waals surface area (Å²) in [5.41, 5.74) is 0. The van der Waals surface area contributed by atoms with Gasteiger partial charge < -0.3 is 25.7 Å². The van der Waals surface area contributed by atoms with Crippen LogP contribution in [0.3, 0.4) is 0 Å². The van der Waals surface area contributed by atoms with Gasteiger partial charge in [0.1, 0.15) is 6.04 Å². The second-order valence-corrected chi connectivity index (χ2v) is 3.84. The lowest BCUT2D eigenvalue weighted by Crippen LogP contribution is -2.47. The van der Waals surface area contributed by atoms with Crippen molar-refractivity contribution in [3.05, 3.63) is 0 Å². The summed E-state index contributed by atoms with van der Waals surface area (Å²) in [4.78, 5) is 34.6. The summed E-state index contributed by atoms with van der Waals surface area (Å²) >= 11 is 0. The second-order valence-electron chi connectivity index (χ2n) is 3.84. The number of carboxylic acid groups (broad SMARTS) is 1. The zero-order valence-corrected chi connectivity index (χ0v) is 10.5. The number of aliphatic carboxylic acids is 1. The highest BCUT2D eigenvalue weighted by molar-refractivity contribution is 5.83. The zero-order chi connectivity index (χ0) is 14.1. The number of urea groups is 1. The zero-order valence-electron chi connectivity index (χ0n) is 10.5. The van der Waals surface area contributed by atoms with E-state index in [1.165, 1.54) is 4.90 Å². The van der Waals surface area contributed by atoms with Crippen molar-refractivity contribution in [1.29, 1.82) is 0 Å². The molecule has 0 saturated heterocycles. The fourth-order valence-electron chi connectivity index (χ4n) is 1.10. The smallest absolute Gasteiger partial charge is 0.326 e. The monoisotopic (exact) mass is 261 g/mol. The largest absolute Gasteiger partial charge is 0.480 e. The predicted molar refractivity (Wildman–Crippen MR) is 63.0 cm³/mol. The molecular formula is C10H19N3O5. The first-order valence-corrected chi connectivity index (χ1v) is 5.46. The SMILES string of the molecule is CN(C)C(=O)CCNC(=O)N[C@@H](CCO)C(=O)O. The summed E-state index contributed by atoms with van der Waals surface area (Å²) in [6, 6.07) is -1.82. The van der Waals surface area contributed by atoms with Crippen molar-refractivity contribution in [2.45, 2.75) is 18.9 Å². The molecule has 0 heterocycles. The van der Waals surface area contributed by atoms with Crippen LogP contribution in [0.1, 0.15) is 12.8 Å². The van der Waals surface area contributed by atoms with Crippen LogP contribution in [0.5, 0.6) is 0 Å². The van der Waals surface area contributed by atoms with Gasteiger partial charge in [-0.2, -0.15) is 0 Å². The van der Waals surface area contributed by atoms with E-state index in [0.717, 1.165) is 0 Å². The van der Waals surface area contributed by atoms with Crippen LogP contribution in [-0.2, 0) is 9.59 Å². The molecule has 0 spiro atoms. The number of aliphatic hydroxyl groups excluding tert-OH is 1. The van der Waals surface area contributed by atoms with Crippen molar-refractivity contribution in [1.82, 2.24) is 15.5 Å². The van der Waals surface area contributed by atoms with Crippen LogP contribution in [0.2, 0.25) is 0 Å². The van der Waals surface area contributed by atoms with Crippen LogP contribution in [0.15, 0.2) is 0 Å². The van der Waals surface area contributed by atoms with E-state index in [1.54, 1.807) is 14.1 Å². The Hall–Kier alpha value is -1.83. The first-order chi connectivity index (χ1) is 8.38. The summed E-state index contributed by atoms with van der Waals surface area (Å²) in [5, 5.41) is 21.9. The van der Waals surface area contributed by atoms with Gasteiger partial charge in [0.15, 0.2) is 0 Å². The lowest BCUT2D eigenvalue weighted by Gasteiger charge is -2.14. The Kier molecular flexibility index (Phi) is 7.45. The molecule has 0 aliphatic rings. The number of carbonyl (C=O) groups excluding carboxylic acids is 2. The number of aliphatic hydroxyl groups is 1. The predicted octanol–water partition coefficient (Wildman–Crippen LogP) is -1.40. The van der Waals surface area contributed by atoms with Gasteiger partial charge in [0, 0.05) is 40.1 Å². The summed E-state index contributed by atoms with van der Waals surface area (Å²) in [6.07, 6.45) is 0.0670. The molecule has 0 aliphatic carbocycles. The van der Waals surface area contributed by atoms with Gasteiger partial charge in [-0.1, -0.05) is 0 Å². The maximum atomic E-state index is 11.3. The summed E-state index contributed by atoms with van der Waals surface area (Å²) < 4.78 is 0. The molecule has 0 unspecified atom stereocenters.